The van der Waals surface area contributed by atoms with Gasteiger partial charge in [-0.15, -0.1) is 0 Å². The van der Waals surface area contributed by atoms with Crippen molar-refractivity contribution in [2.45, 2.75) is 73.0 Å². The lowest BCUT2D eigenvalue weighted by atomic mass is 9.57. The van der Waals surface area contributed by atoms with E-state index in [0.717, 1.165) is 25.0 Å². The van der Waals surface area contributed by atoms with Gasteiger partial charge in [0.05, 0.1) is 0 Å². The third kappa shape index (κ3) is 3.53. The second-order valence-corrected chi connectivity index (χ2v) is 7.27. The number of ether oxygens (including phenoxy) is 2. The van der Waals surface area contributed by atoms with Gasteiger partial charge < -0.3 is 9.47 Å². The summed E-state index contributed by atoms with van der Waals surface area (Å²) < 4.78 is 11.7. The average Bonchev–Trinajstić information content (AvgIpc) is 2.47. The zero-order chi connectivity index (χ0) is 15.5. The van der Waals surface area contributed by atoms with Gasteiger partial charge in [0.15, 0.2) is 6.29 Å². The minimum absolute atomic E-state index is 0.0296. The number of allylic oxidation sites excluding steroid dienone is 2. The van der Waals surface area contributed by atoms with E-state index in [4.69, 9.17) is 9.47 Å². The lowest BCUT2D eigenvalue weighted by molar-refractivity contribution is -0.177. The first-order valence-electron chi connectivity index (χ1n) is 8.95. The quantitative estimate of drug-likeness (QED) is 0.496. The molecule has 0 aliphatic heterocycles. The third-order valence-corrected chi connectivity index (χ3v) is 6.12. The Kier molecular flexibility index (Phi) is 5.90. The van der Waals surface area contributed by atoms with Gasteiger partial charge in [-0.05, 0) is 63.2 Å². The summed E-state index contributed by atoms with van der Waals surface area (Å²) in [4.78, 5) is 0. The van der Waals surface area contributed by atoms with Crippen molar-refractivity contribution in [1.29, 1.82) is 0 Å². The molecular weight excluding hydrogens is 260 g/mol. The summed E-state index contributed by atoms with van der Waals surface area (Å²) >= 11 is 0. The number of hydrogen-bond acceptors (Lipinski definition) is 2. The van der Waals surface area contributed by atoms with Gasteiger partial charge in [0, 0.05) is 19.1 Å². The maximum absolute atomic E-state index is 5.86. The fourth-order valence-electron chi connectivity index (χ4n) is 4.43. The molecule has 0 spiro atoms. The van der Waals surface area contributed by atoms with Crippen LogP contribution in [0.3, 0.4) is 0 Å². The van der Waals surface area contributed by atoms with Crippen LogP contribution in [-0.4, -0.2) is 19.5 Å². The van der Waals surface area contributed by atoms with E-state index in [2.05, 4.69) is 40.7 Å². The molecule has 0 amide bonds. The van der Waals surface area contributed by atoms with E-state index in [0.29, 0.717) is 11.3 Å². The summed E-state index contributed by atoms with van der Waals surface area (Å²) in [6, 6.07) is 0. The monoisotopic (exact) mass is 294 g/mol. The van der Waals surface area contributed by atoms with Crippen LogP contribution >= 0.6 is 0 Å². The molecule has 1 saturated carbocycles. The van der Waals surface area contributed by atoms with Gasteiger partial charge in [-0.3, -0.25) is 0 Å². The van der Waals surface area contributed by atoms with Crippen molar-refractivity contribution in [3.63, 3.8) is 0 Å². The summed E-state index contributed by atoms with van der Waals surface area (Å²) in [7, 11) is 0. The Bertz CT molecular complexity index is 357. The smallest absolute Gasteiger partial charge is 0.160 e. The summed E-state index contributed by atoms with van der Waals surface area (Å²) in [5.74, 6) is 2.01. The molecule has 2 nitrogen and oxygen atoms in total. The van der Waals surface area contributed by atoms with Crippen LogP contribution in [0.25, 0.3) is 0 Å². The zero-order valence-corrected chi connectivity index (χ0v) is 14.7. The standard InChI is InChI=1S/C19H34O2/c1-6-20-18(21-7-2)15(4)16-11-12-17-10-8-9-14(3)19(17,5)13-16/h10,14-16,18H,6-9,11-13H2,1-5H3. The van der Waals surface area contributed by atoms with E-state index in [1.54, 1.807) is 5.57 Å². The SMILES string of the molecule is CCOC(OCC)C(C)C1CCC2=CCCC(C)C2(C)C1. The maximum Gasteiger partial charge on any atom is 0.160 e. The van der Waals surface area contributed by atoms with E-state index in [1.165, 1.54) is 32.1 Å². The molecule has 0 bridgehead atoms. The van der Waals surface area contributed by atoms with E-state index >= 15 is 0 Å². The molecule has 21 heavy (non-hydrogen) atoms. The maximum atomic E-state index is 5.86. The van der Waals surface area contributed by atoms with Crippen LogP contribution < -0.4 is 0 Å². The van der Waals surface area contributed by atoms with Crippen molar-refractivity contribution in [1.82, 2.24) is 0 Å². The molecule has 1 fully saturated rings. The van der Waals surface area contributed by atoms with Gasteiger partial charge in [0.1, 0.15) is 0 Å². The highest BCUT2D eigenvalue weighted by molar-refractivity contribution is 5.21. The Balaban J connectivity index is 2.08. The summed E-state index contributed by atoms with van der Waals surface area (Å²) in [5.41, 5.74) is 2.15. The lowest BCUT2D eigenvalue weighted by Crippen LogP contribution is -2.41. The lowest BCUT2D eigenvalue weighted by Gasteiger charge is -2.49. The fourth-order valence-corrected chi connectivity index (χ4v) is 4.43. The van der Waals surface area contributed by atoms with Crippen LogP contribution in [0, 0.1) is 23.2 Å². The molecule has 2 rings (SSSR count). The topological polar surface area (TPSA) is 18.5 Å². The van der Waals surface area contributed by atoms with Crippen LogP contribution in [0.15, 0.2) is 11.6 Å². The summed E-state index contributed by atoms with van der Waals surface area (Å²) in [6.07, 6.45) is 9.01. The molecule has 0 aromatic rings. The Morgan fingerprint density at radius 3 is 2.52 bits per heavy atom. The molecule has 4 unspecified atom stereocenters. The number of fused-ring (bicyclic) bond motifs is 1. The van der Waals surface area contributed by atoms with Crippen LogP contribution in [0.2, 0.25) is 0 Å². The Hall–Kier alpha value is -0.340. The van der Waals surface area contributed by atoms with Crippen molar-refractivity contribution < 1.29 is 9.47 Å². The third-order valence-electron chi connectivity index (χ3n) is 6.12. The Labute approximate surface area is 131 Å². The number of hydrogen-bond donors (Lipinski definition) is 0. The van der Waals surface area contributed by atoms with E-state index < -0.39 is 0 Å². The Morgan fingerprint density at radius 1 is 1.24 bits per heavy atom. The Morgan fingerprint density at radius 2 is 1.90 bits per heavy atom. The molecular formula is C19H34O2. The summed E-state index contributed by atoms with van der Waals surface area (Å²) in [6.45, 7) is 12.9. The van der Waals surface area contributed by atoms with Crippen LogP contribution in [-0.2, 0) is 9.47 Å². The predicted octanol–water partition coefficient (Wildman–Crippen LogP) is 5.18. The van der Waals surface area contributed by atoms with E-state index in [9.17, 15) is 0 Å². The number of rotatable bonds is 6. The zero-order valence-electron chi connectivity index (χ0n) is 14.7. The van der Waals surface area contributed by atoms with Crippen molar-refractivity contribution in [3.8, 4) is 0 Å². The highest BCUT2D eigenvalue weighted by Gasteiger charge is 2.43. The van der Waals surface area contributed by atoms with Crippen molar-refractivity contribution in [2.24, 2.45) is 23.2 Å². The predicted molar refractivity (Wildman–Crippen MR) is 88.1 cm³/mol. The molecule has 0 aromatic heterocycles. The largest absolute Gasteiger partial charge is 0.353 e. The van der Waals surface area contributed by atoms with E-state index in [-0.39, 0.29) is 6.29 Å². The molecule has 0 radical (unpaired) electrons. The van der Waals surface area contributed by atoms with Crippen molar-refractivity contribution >= 4 is 0 Å². The molecule has 0 N–H and O–H groups in total. The molecule has 0 saturated heterocycles. The van der Waals surface area contributed by atoms with Crippen LogP contribution in [0.5, 0.6) is 0 Å². The van der Waals surface area contributed by atoms with Crippen molar-refractivity contribution in [3.05, 3.63) is 11.6 Å². The minimum Gasteiger partial charge on any atom is -0.353 e. The normalized spacial score (nSPS) is 34.5. The highest BCUT2D eigenvalue weighted by atomic mass is 16.7. The molecule has 0 aromatic carbocycles. The van der Waals surface area contributed by atoms with Gasteiger partial charge in [0.25, 0.3) is 0 Å². The highest BCUT2D eigenvalue weighted by Crippen LogP contribution is 2.53. The van der Waals surface area contributed by atoms with Gasteiger partial charge >= 0.3 is 0 Å². The first kappa shape index (κ1) is 17.0. The van der Waals surface area contributed by atoms with Crippen LogP contribution in [0.1, 0.15) is 66.7 Å². The first-order chi connectivity index (χ1) is 10.0. The molecule has 2 heteroatoms. The van der Waals surface area contributed by atoms with Gasteiger partial charge in [-0.1, -0.05) is 32.4 Å². The molecule has 4 atom stereocenters. The molecule has 2 aliphatic rings. The molecule has 0 heterocycles. The molecule has 122 valence electrons. The van der Waals surface area contributed by atoms with Gasteiger partial charge in [-0.2, -0.15) is 0 Å². The average molecular weight is 294 g/mol. The minimum atomic E-state index is -0.0296. The second kappa shape index (κ2) is 7.28. The summed E-state index contributed by atoms with van der Waals surface area (Å²) in [5, 5.41) is 0. The second-order valence-electron chi connectivity index (χ2n) is 7.27. The molecule has 2 aliphatic carbocycles. The van der Waals surface area contributed by atoms with Gasteiger partial charge in [0.2, 0.25) is 0 Å². The van der Waals surface area contributed by atoms with E-state index in [1.807, 2.05) is 0 Å². The van der Waals surface area contributed by atoms with Gasteiger partial charge in [-0.25, -0.2) is 0 Å². The van der Waals surface area contributed by atoms with Crippen LogP contribution in [0.4, 0.5) is 0 Å². The first-order valence-corrected chi connectivity index (χ1v) is 8.95. The fraction of sp³-hybridized carbons (Fsp3) is 0.895. The van der Waals surface area contributed by atoms with Crippen molar-refractivity contribution in [2.75, 3.05) is 13.2 Å².